The maximum absolute atomic E-state index is 11.7. The standard InChI is InChI=1S/C15H15ClN2O4/c1-9(2)21-13-8-12(16)17-15(18-13)22-11-7-5-4-6-10(11)14(19)20-3/h4-9H,1-3H3. The lowest BCUT2D eigenvalue weighted by Gasteiger charge is -2.11. The van der Waals surface area contributed by atoms with Crippen molar-refractivity contribution in [1.29, 1.82) is 0 Å². The summed E-state index contributed by atoms with van der Waals surface area (Å²) in [6, 6.07) is 8.08. The van der Waals surface area contributed by atoms with E-state index in [9.17, 15) is 4.79 Å². The molecule has 7 heteroatoms. The molecule has 1 aromatic carbocycles. The van der Waals surface area contributed by atoms with Gasteiger partial charge in [-0.2, -0.15) is 9.97 Å². The van der Waals surface area contributed by atoms with Gasteiger partial charge in [0.05, 0.1) is 13.2 Å². The molecule has 0 N–H and O–H groups in total. The molecule has 116 valence electrons. The van der Waals surface area contributed by atoms with Crippen LogP contribution in [0.2, 0.25) is 5.15 Å². The fourth-order valence-corrected chi connectivity index (χ4v) is 1.82. The van der Waals surface area contributed by atoms with Gasteiger partial charge >= 0.3 is 12.0 Å². The molecule has 0 saturated heterocycles. The highest BCUT2D eigenvalue weighted by molar-refractivity contribution is 6.29. The van der Waals surface area contributed by atoms with E-state index in [1.54, 1.807) is 24.3 Å². The van der Waals surface area contributed by atoms with Crippen LogP contribution < -0.4 is 9.47 Å². The number of benzene rings is 1. The maximum atomic E-state index is 11.7. The number of halogens is 1. The third-order valence-electron chi connectivity index (χ3n) is 2.50. The Kier molecular flexibility index (Phi) is 5.16. The largest absolute Gasteiger partial charge is 0.475 e. The normalized spacial score (nSPS) is 10.4. The Labute approximate surface area is 133 Å². The predicted octanol–water partition coefficient (Wildman–Crippen LogP) is 3.50. The molecular weight excluding hydrogens is 308 g/mol. The lowest BCUT2D eigenvalue weighted by molar-refractivity contribution is 0.0598. The van der Waals surface area contributed by atoms with Crippen LogP contribution in [0.15, 0.2) is 30.3 Å². The van der Waals surface area contributed by atoms with E-state index in [0.717, 1.165) is 0 Å². The molecule has 0 atom stereocenters. The average molecular weight is 323 g/mol. The Morgan fingerprint density at radius 3 is 2.64 bits per heavy atom. The number of rotatable bonds is 5. The summed E-state index contributed by atoms with van der Waals surface area (Å²) in [5.74, 6) is 0.0453. The molecule has 0 radical (unpaired) electrons. The molecule has 1 heterocycles. The minimum atomic E-state index is -0.517. The highest BCUT2D eigenvalue weighted by Crippen LogP contribution is 2.26. The van der Waals surface area contributed by atoms with E-state index in [4.69, 9.17) is 25.8 Å². The van der Waals surface area contributed by atoms with Crippen molar-refractivity contribution in [2.45, 2.75) is 20.0 Å². The Bertz CT molecular complexity index is 676. The number of hydrogen-bond donors (Lipinski definition) is 0. The second-order valence-corrected chi connectivity index (χ2v) is 4.96. The van der Waals surface area contributed by atoms with Gasteiger partial charge in [0.15, 0.2) is 0 Å². The highest BCUT2D eigenvalue weighted by Gasteiger charge is 2.15. The fraction of sp³-hybridized carbons (Fsp3) is 0.267. The number of hydrogen-bond acceptors (Lipinski definition) is 6. The lowest BCUT2D eigenvalue weighted by atomic mass is 10.2. The van der Waals surface area contributed by atoms with E-state index < -0.39 is 5.97 Å². The highest BCUT2D eigenvalue weighted by atomic mass is 35.5. The Morgan fingerprint density at radius 1 is 1.23 bits per heavy atom. The van der Waals surface area contributed by atoms with E-state index in [0.29, 0.717) is 5.88 Å². The molecule has 0 aliphatic carbocycles. The summed E-state index contributed by atoms with van der Waals surface area (Å²) in [6.07, 6.45) is -0.0684. The first-order chi connectivity index (χ1) is 10.5. The van der Waals surface area contributed by atoms with Crippen LogP contribution in [0, 0.1) is 0 Å². The van der Waals surface area contributed by atoms with Crippen LogP contribution in [-0.4, -0.2) is 29.2 Å². The second kappa shape index (κ2) is 7.09. The van der Waals surface area contributed by atoms with Gasteiger partial charge in [0.25, 0.3) is 0 Å². The summed E-state index contributed by atoms with van der Waals surface area (Å²) in [6.45, 7) is 3.73. The summed E-state index contributed by atoms with van der Waals surface area (Å²) >= 11 is 5.93. The minimum Gasteiger partial charge on any atom is -0.475 e. The monoisotopic (exact) mass is 322 g/mol. The van der Waals surface area contributed by atoms with Crippen molar-refractivity contribution in [1.82, 2.24) is 9.97 Å². The van der Waals surface area contributed by atoms with Crippen LogP contribution in [0.4, 0.5) is 0 Å². The van der Waals surface area contributed by atoms with Gasteiger partial charge in [-0.25, -0.2) is 4.79 Å². The molecule has 0 amide bonds. The zero-order valence-corrected chi connectivity index (χ0v) is 13.1. The van der Waals surface area contributed by atoms with E-state index in [2.05, 4.69) is 9.97 Å². The number of para-hydroxylation sites is 1. The van der Waals surface area contributed by atoms with Crippen molar-refractivity contribution in [2.24, 2.45) is 0 Å². The Hall–Kier alpha value is -2.34. The SMILES string of the molecule is COC(=O)c1ccccc1Oc1nc(Cl)cc(OC(C)C)n1. The predicted molar refractivity (Wildman–Crippen MR) is 80.7 cm³/mol. The molecule has 1 aromatic heterocycles. The van der Waals surface area contributed by atoms with Crippen LogP contribution >= 0.6 is 11.6 Å². The van der Waals surface area contributed by atoms with Crippen molar-refractivity contribution in [2.75, 3.05) is 7.11 Å². The number of ether oxygens (including phenoxy) is 3. The molecule has 0 aliphatic heterocycles. The van der Waals surface area contributed by atoms with Gasteiger partial charge < -0.3 is 14.2 Å². The van der Waals surface area contributed by atoms with Gasteiger partial charge in [-0.1, -0.05) is 23.7 Å². The zero-order chi connectivity index (χ0) is 16.1. The first-order valence-electron chi connectivity index (χ1n) is 6.56. The minimum absolute atomic E-state index is 0.0143. The number of esters is 1. The molecule has 0 spiro atoms. The van der Waals surface area contributed by atoms with Gasteiger partial charge in [0.1, 0.15) is 16.5 Å². The van der Waals surface area contributed by atoms with Crippen molar-refractivity contribution in [3.63, 3.8) is 0 Å². The van der Waals surface area contributed by atoms with Gasteiger partial charge in [0, 0.05) is 6.07 Å². The third kappa shape index (κ3) is 4.08. The number of carbonyl (C=O) groups is 1. The van der Waals surface area contributed by atoms with E-state index in [-0.39, 0.29) is 28.6 Å². The summed E-state index contributed by atoms with van der Waals surface area (Å²) in [7, 11) is 1.30. The molecule has 22 heavy (non-hydrogen) atoms. The van der Waals surface area contributed by atoms with Crippen molar-refractivity contribution >= 4 is 17.6 Å². The number of methoxy groups -OCH3 is 1. The lowest BCUT2D eigenvalue weighted by Crippen LogP contribution is -2.08. The second-order valence-electron chi connectivity index (χ2n) is 4.57. The summed E-state index contributed by atoms with van der Waals surface area (Å²) < 4.78 is 15.7. The summed E-state index contributed by atoms with van der Waals surface area (Å²) in [5, 5.41) is 0.177. The third-order valence-corrected chi connectivity index (χ3v) is 2.69. The van der Waals surface area contributed by atoms with Crippen LogP contribution in [-0.2, 0) is 4.74 Å². The molecule has 0 unspecified atom stereocenters. The number of nitrogens with zero attached hydrogens (tertiary/aromatic N) is 2. The molecule has 2 aromatic rings. The Morgan fingerprint density at radius 2 is 1.95 bits per heavy atom. The first-order valence-corrected chi connectivity index (χ1v) is 6.94. The molecular formula is C15H15ClN2O4. The van der Waals surface area contributed by atoms with Gasteiger partial charge in [-0.15, -0.1) is 0 Å². The van der Waals surface area contributed by atoms with E-state index >= 15 is 0 Å². The van der Waals surface area contributed by atoms with E-state index in [1.807, 2.05) is 13.8 Å². The molecule has 0 bridgehead atoms. The number of aromatic nitrogens is 2. The van der Waals surface area contributed by atoms with Gasteiger partial charge in [-0.3, -0.25) is 0 Å². The van der Waals surface area contributed by atoms with Crippen molar-refractivity contribution in [3.8, 4) is 17.6 Å². The smallest absolute Gasteiger partial charge is 0.341 e. The average Bonchev–Trinajstić information content (AvgIpc) is 2.45. The van der Waals surface area contributed by atoms with Crippen molar-refractivity contribution in [3.05, 3.63) is 41.0 Å². The quantitative estimate of drug-likeness (QED) is 0.620. The summed E-state index contributed by atoms with van der Waals surface area (Å²) in [4.78, 5) is 19.8. The molecule has 0 fully saturated rings. The molecule has 0 saturated carbocycles. The zero-order valence-electron chi connectivity index (χ0n) is 12.4. The topological polar surface area (TPSA) is 70.5 Å². The molecule has 2 rings (SSSR count). The van der Waals surface area contributed by atoms with Gasteiger partial charge in [0.2, 0.25) is 5.88 Å². The van der Waals surface area contributed by atoms with Crippen LogP contribution in [0.25, 0.3) is 0 Å². The van der Waals surface area contributed by atoms with Crippen LogP contribution in [0.3, 0.4) is 0 Å². The fourth-order valence-electron chi connectivity index (χ4n) is 1.66. The molecule has 6 nitrogen and oxygen atoms in total. The maximum Gasteiger partial charge on any atom is 0.341 e. The van der Waals surface area contributed by atoms with Crippen molar-refractivity contribution < 1.29 is 19.0 Å². The summed E-state index contributed by atoms with van der Waals surface area (Å²) in [5.41, 5.74) is 0.264. The van der Waals surface area contributed by atoms with E-state index in [1.165, 1.54) is 13.2 Å². The van der Waals surface area contributed by atoms with Crippen LogP contribution in [0.1, 0.15) is 24.2 Å². The Balaban J connectivity index is 2.31. The van der Waals surface area contributed by atoms with Gasteiger partial charge in [-0.05, 0) is 26.0 Å². The van der Waals surface area contributed by atoms with Crippen LogP contribution in [0.5, 0.6) is 17.6 Å². The molecule has 0 aliphatic rings. The first kappa shape index (κ1) is 16.0. The number of carbonyl (C=O) groups excluding carboxylic acids is 1.